The highest BCUT2D eigenvalue weighted by Crippen LogP contribution is 2.24. The van der Waals surface area contributed by atoms with Crippen molar-refractivity contribution in [2.45, 2.75) is 103 Å². The quantitative estimate of drug-likeness (QED) is 0.209. The molecule has 0 radical (unpaired) electrons. The number of hydrogen-bond acceptors (Lipinski definition) is 5. The van der Waals surface area contributed by atoms with Crippen LogP contribution in [0, 0.1) is 0 Å². The molecule has 0 aliphatic carbocycles. The van der Waals surface area contributed by atoms with Crippen LogP contribution in [0.25, 0.3) is 11.4 Å². The Hall–Kier alpha value is -2.35. The standard InChI is InChI=1S/C29H45N5O2S/c1-4-6-7-8-9-10-14-18-27(36)34-21-20-32(23-24(34)3)26(35)19-15-22-37-29-31-30-28(33(29)5-2)25-16-12-11-13-17-25/h11-13,16-17,24H,4-10,14-15,18-23H2,1-3H3. The summed E-state index contributed by atoms with van der Waals surface area (Å²) in [5, 5.41) is 9.69. The largest absolute Gasteiger partial charge is 0.339 e. The van der Waals surface area contributed by atoms with Crippen molar-refractivity contribution in [1.29, 1.82) is 0 Å². The third-order valence-corrected chi connectivity index (χ3v) is 8.18. The Labute approximate surface area is 227 Å². The second-order valence-electron chi connectivity index (χ2n) is 10.0. The number of rotatable bonds is 15. The van der Waals surface area contributed by atoms with Gasteiger partial charge in [-0.2, -0.15) is 0 Å². The Balaban J connectivity index is 1.35. The summed E-state index contributed by atoms with van der Waals surface area (Å²) >= 11 is 1.66. The van der Waals surface area contributed by atoms with Gasteiger partial charge in [-0.3, -0.25) is 9.59 Å². The minimum atomic E-state index is 0.0867. The lowest BCUT2D eigenvalue weighted by molar-refractivity contribution is -0.142. The fourth-order valence-electron chi connectivity index (χ4n) is 4.96. The summed E-state index contributed by atoms with van der Waals surface area (Å²) in [5.41, 5.74) is 1.06. The van der Waals surface area contributed by atoms with Crippen molar-refractivity contribution in [3.8, 4) is 11.4 Å². The molecule has 0 saturated carbocycles. The van der Waals surface area contributed by atoms with Crippen LogP contribution in [0.15, 0.2) is 35.5 Å². The Morgan fingerprint density at radius 3 is 2.30 bits per heavy atom. The first-order valence-corrected chi connectivity index (χ1v) is 15.2. The zero-order valence-electron chi connectivity index (χ0n) is 23.0. The number of carbonyl (C=O) groups is 2. The number of unbranched alkanes of at least 4 members (excludes halogenated alkanes) is 6. The van der Waals surface area contributed by atoms with Gasteiger partial charge in [-0.15, -0.1) is 10.2 Å². The molecule has 1 fully saturated rings. The van der Waals surface area contributed by atoms with Crippen molar-refractivity contribution in [2.24, 2.45) is 0 Å². The number of thioether (sulfide) groups is 1. The van der Waals surface area contributed by atoms with Crippen molar-refractivity contribution in [3.63, 3.8) is 0 Å². The van der Waals surface area contributed by atoms with Gasteiger partial charge in [0.2, 0.25) is 11.8 Å². The molecule has 204 valence electrons. The first kappa shape index (κ1) is 29.2. The van der Waals surface area contributed by atoms with Gasteiger partial charge in [0.1, 0.15) is 0 Å². The van der Waals surface area contributed by atoms with Gasteiger partial charge in [0.25, 0.3) is 0 Å². The molecule has 1 aromatic carbocycles. The zero-order valence-corrected chi connectivity index (χ0v) is 23.8. The van der Waals surface area contributed by atoms with E-state index >= 15 is 0 Å². The van der Waals surface area contributed by atoms with E-state index in [2.05, 4.69) is 35.5 Å². The molecule has 0 spiro atoms. The molecule has 1 aliphatic rings. The number of carbonyl (C=O) groups excluding carboxylic acids is 2. The van der Waals surface area contributed by atoms with E-state index in [0.29, 0.717) is 32.5 Å². The van der Waals surface area contributed by atoms with Gasteiger partial charge >= 0.3 is 0 Å². The highest BCUT2D eigenvalue weighted by atomic mass is 32.2. The smallest absolute Gasteiger partial charge is 0.222 e. The van der Waals surface area contributed by atoms with Gasteiger partial charge in [0.15, 0.2) is 11.0 Å². The summed E-state index contributed by atoms with van der Waals surface area (Å²) in [6.45, 7) is 9.14. The van der Waals surface area contributed by atoms with E-state index in [1.54, 1.807) is 11.8 Å². The van der Waals surface area contributed by atoms with Crippen LogP contribution in [-0.4, -0.2) is 67.8 Å². The first-order chi connectivity index (χ1) is 18.0. The van der Waals surface area contributed by atoms with E-state index in [-0.39, 0.29) is 17.9 Å². The lowest BCUT2D eigenvalue weighted by Gasteiger charge is -2.40. The average Bonchev–Trinajstić information content (AvgIpc) is 3.33. The van der Waals surface area contributed by atoms with Crippen LogP contribution in [0.5, 0.6) is 0 Å². The summed E-state index contributed by atoms with van der Waals surface area (Å²) in [6, 6.07) is 10.2. The molecular weight excluding hydrogens is 482 g/mol. The lowest BCUT2D eigenvalue weighted by Crippen LogP contribution is -2.55. The van der Waals surface area contributed by atoms with Crippen molar-refractivity contribution in [1.82, 2.24) is 24.6 Å². The van der Waals surface area contributed by atoms with Crippen molar-refractivity contribution < 1.29 is 9.59 Å². The van der Waals surface area contributed by atoms with Gasteiger partial charge in [-0.1, -0.05) is 87.5 Å². The molecule has 2 heterocycles. The van der Waals surface area contributed by atoms with Gasteiger partial charge in [-0.05, 0) is 26.7 Å². The summed E-state index contributed by atoms with van der Waals surface area (Å²) in [5.74, 6) is 2.15. The average molecular weight is 528 g/mol. The fraction of sp³-hybridized carbons (Fsp3) is 0.655. The predicted molar refractivity (Wildman–Crippen MR) is 151 cm³/mol. The number of amides is 2. The molecule has 0 bridgehead atoms. The molecule has 1 unspecified atom stereocenters. The maximum absolute atomic E-state index is 12.8. The van der Waals surface area contributed by atoms with Crippen LogP contribution in [0.3, 0.4) is 0 Å². The van der Waals surface area contributed by atoms with Gasteiger partial charge in [0.05, 0.1) is 0 Å². The van der Waals surface area contributed by atoms with Crippen LogP contribution >= 0.6 is 11.8 Å². The van der Waals surface area contributed by atoms with Crippen molar-refractivity contribution in [2.75, 3.05) is 25.4 Å². The molecule has 7 nitrogen and oxygen atoms in total. The Morgan fingerprint density at radius 1 is 0.892 bits per heavy atom. The monoisotopic (exact) mass is 527 g/mol. The lowest BCUT2D eigenvalue weighted by atomic mass is 10.1. The molecule has 1 aliphatic heterocycles. The van der Waals surface area contributed by atoms with Crippen molar-refractivity contribution in [3.05, 3.63) is 30.3 Å². The van der Waals surface area contributed by atoms with Crippen LogP contribution in [0.1, 0.15) is 85.0 Å². The maximum Gasteiger partial charge on any atom is 0.222 e. The van der Waals surface area contributed by atoms with E-state index in [4.69, 9.17) is 0 Å². The fourth-order valence-corrected chi connectivity index (χ4v) is 5.90. The molecule has 1 saturated heterocycles. The minimum Gasteiger partial charge on any atom is -0.339 e. The maximum atomic E-state index is 12.8. The molecule has 2 aromatic rings. The van der Waals surface area contributed by atoms with E-state index in [0.717, 1.165) is 48.1 Å². The molecule has 0 N–H and O–H groups in total. The number of benzene rings is 1. The zero-order chi connectivity index (χ0) is 26.5. The summed E-state index contributed by atoms with van der Waals surface area (Å²) < 4.78 is 2.13. The Morgan fingerprint density at radius 2 is 1.59 bits per heavy atom. The van der Waals surface area contributed by atoms with E-state index < -0.39 is 0 Å². The van der Waals surface area contributed by atoms with Crippen molar-refractivity contribution >= 4 is 23.6 Å². The van der Waals surface area contributed by atoms with Crippen LogP contribution in [-0.2, 0) is 16.1 Å². The number of piperazine rings is 1. The number of aromatic nitrogens is 3. The summed E-state index contributed by atoms with van der Waals surface area (Å²) in [7, 11) is 0. The van der Waals surface area contributed by atoms with Crippen LogP contribution < -0.4 is 0 Å². The van der Waals surface area contributed by atoms with Crippen LogP contribution in [0.2, 0.25) is 0 Å². The Bertz CT molecular complexity index is 964. The number of nitrogens with zero attached hydrogens (tertiary/aromatic N) is 5. The second-order valence-corrected chi connectivity index (χ2v) is 11.1. The minimum absolute atomic E-state index is 0.0867. The SMILES string of the molecule is CCCCCCCCCC(=O)N1CCN(C(=O)CCCSc2nnc(-c3ccccc3)n2CC)CC1C. The second kappa shape index (κ2) is 15.8. The molecule has 37 heavy (non-hydrogen) atoms. The first-order valence-electron chi connectivity index (χ1n) is 14.2. The summed E-state index contributed by atoms with van der Waals surface area (Å²) in [4.78, 5) is 29.5. The van der Waals surface area contributed by atoms with E-state index in [1.807, 2.05) is 40.1 Å². The molecule has 3 rings (SSSR count). The normalized spacial score (nSPS) is 15.8. The third-order valence-electron chi connectivity index (χ3n) is 7.13. The molecule has 1 aromatic heterocycles. The highest BCUT2D eigenvalue weighted by Gasteiger charge is 2.29. The molecular formula is C29H45N5O2S. The van der Waals surface area contributed by atoms with Crippen LogP contribution in [0.4, 0.5) is 0 Å². The topological polar surface area (TPSA) is 71.3 Å². The summed E-state index contributed by atoms with van der Waals surface area (Å²) in [6.07, 6.45) is 10.5. The van der Waals surface area contributed by atoms with E-state index in [1.165, 1.54) is 32.1 Å². The molecule has 1 atom stereocenters. The molecule has 2 amide bonds. The molecule has 8 heteroatoms. The predicted octanol–water partition coefficient (Wildman–Crippen LogP) is 6.04. The van der Waals surface area contributed by atoms with E-state index in [9.17, 15) is 9.59 Å². The highest BCUT2D eigenvalue weighted by molar-refractivity contribution is 7.99. The number of hydrogen-bond donors (Lipinski definition) is 0. The van der Waals surface area contributed by atoms with Gasteiger partial charge < -0.3 is 14.4 Å². The van der Waals surface area contributed by atoms with Gasteiger partial charge in [-0.25, -0.2) is 0 Å². The Kier molecular flexibility index (Phi) is 12.5. The third kappa shape index (κ3) is 8.87. The van der Waals surface area contributed by atoms with Gasteiger partial charge in [0, 0.05) is 56.4 Å².